The van der Waals surface area contributed by atoms with Gasteiger partial charge >= 0.3 is 5.97 Å². The summed E-state index contributed by atoms with van der Waals surface area (Å²) in [7, 11) is 0. The Kier molecular flexibility index (Phi) is 5.49. The summed E-state index contributed by atoms with van der Waals surface area (Å²) in [4.78, 5) is 30.3. The maximum Gasteiger partial charge on any atom is 0.325 e. The number of thiophene rings is 1. The number of amides is 1. The molecule has 1 atom stereocenters. The lowest BCUT2D eigenvalue weighted by Crippen LogP contribution is -2.31. The van der Waals surface area contributed by atoms with Crippen LogP contribution in [0.3, 0.4) is 0 Å². The zero-order valence-corrected chi connectivity index (χ0v) is 17.4. The average molecular weight is 420 g/mol. The first-order valence-corrected chi connectivity index (χ1v) is 11.1. The second-order valence-electron chi connectivity index (χ2n) is 6.82. The lowest BCUT2D eigenvalue weighted by atomic mass is 9.89. The third-order valence-corrected chi connectivity index (χ3v) is 6.84. The molecule has 148 valence electrons. The number of esters is 1. The fourth-order valence-corrected chi connectivity index (χ4v) is 5.46. The Morgan fingerprint density at radius 2 is 2.29 bits per heavy atom. The second-order valence-corrected chi connectivity index (χ2v) is 8.85. The van der Waals surface area contributed by atoms with Crippen LogP contribution in [0.5, 0.6) is 0 Å². The molecular weight excluding hydrogens is 398 g/mol. The summed E-state index contributed by atoms with van der Waals surface area (Å²) < 4.78 is 6.64. The second kappa shape index (κ2) is 8.04. The quantitative estimate of drug-likeness (QED) is 0.483. The molecule has 10 heteroatoms. The monoisotopic (exact) mass is 419 g/mol. The maximum absolute atomic E-state index is 12.0. The van der Waals surface area contributed by atoms with Gasteiger partial charge in [-0.2, -0.15) is 0 Å². The SMILES string of the molecule is CCOC(=O)CNC(=O)CSc1nnc2c3c4c(sc3ncn12)C[C@@H](C)CC4. The van der Waals surface area contributed by atoms with Crippen LogP contribution in [-0.2, 0) is 27.2 Å². The normalized spacial score (nSPS) is 16.3. The van der Waals surface area contributed by atoms with E-state index in [9.17, 15) is 9.59 Å². The van der Waals surface area contributed by atoms with Crippen molar-refractivity contribution in [1.29, 1.82) is 0 Å². The molecule has 0 saturated carbocycles. The van der Waals surface area contributed by atoms with Crippen molar-refractivity contribution >= 4 is 50.8 Å². The maximum atomic E-state index is 12.0. The summed E-state index contributed by atoms with van der Waals surface area (Å²) >= 11 is 3.02. The van der Waals surface area contributed by atoms with E-state index in [0.717, 1.165) is 28.7 Å². The number of ether oxygens (including phenoxy) is 1. The molecule has 1 amide bonds. The molecule has 3 heterocycles. The Morgan fingerprint density at radius 1 is 1.43 bits per heavy atom. The molecule has 1 N–H and O–H groups in total. The van der Waals surface area contributed by atoms with E-state index in [2.05, 4.69) is 27.4 Å². The first kappa shape index (κ1) is 19.1. The van der Waals surface area contributed by atoms with E-state index in [1.807, 2.05) is 4.40 Å². The number of aryl methyl sites for hydroxylation is 1. The molecule has 3 aromatic rings. The summed E-state index contributed by atoms with van der Waals surface area (Å²) in [5.41, 5.74) is 2.15. The van der Waals surface area contributed by atoms with Gasteiger partial charge in [0.1, 0.15) is 17.7 Å². The molecule has 0 saturated heterocycles. The Hall–Kier alpha value is -2.20. The van der Waals surface area contributed by atoms with Crippen LogP contribution in [0.4, 0.5) is 0 Å². The van der Waals surface area contributed by atoms with Crippen LogP contribution >= 0.6 is 23.1 Å². The molecule has 0 radical (unpaired) electrons. The molecule has 0 bridgehead atoms. The first-order valence-electron chi connectivity index (χ1n) is 9.26. The molecule has 0 fully saturated rings. The van der Waals surface area contributed by atoms with Gasteiger partial charge in [-0.1, -0.05) is 18.7 Å². The van der Waals surface area contributed by atoms with E-state index in [1.54, 1.807) is 24.6 Å². The largest absolute Gasteiger partial charge is 0.465 e. The van der Waals surface area contributed by atoms with E-state index in [-0.39, 0.29) is 18.2 Å². The number of fused-ring (bicyclic) bond motifs is 5. The Bertz CT molecular complexity index is 1040. The molecule has 1 aliphatic rings. The van der Waals surface area contributed by atoms with E-state index in [0.29, 0.717) is 17.7 Å². The zero-order chi connectivity index (χ0) is 19.7. The van der Waals surface area contributed by atoms with Crippen LogP contribution in [0.25, 0.3) is 15.9 Å². The van der Waals surface area contributed by atoms with Gasteiger partial charge in [0.25, 0.3) is 0 Å². The van der Waals surface area contributed by atoms with Gasteiger partial charge in [0, 0.05) is 4.88 Å². The van der Waals surface area contributed by atoms with Gasteiger partial charge in [-0.25, -0.2) is 4.98 Å². The predicted octanol–water partition coefficient (Wildman–Crippen LogP) is 2.24. The molecule has 3 aromatic heterocycles. The van der Waals surface area contributed by atoms with E-state index >= 15 is 0 Å². The number of aromatic nitrogens is 4. The summed E-state index contributed by atoms with van der Waals surface area (Å²) in [5, 5.41) is 12.9. The first-order chi connectivity index (χ1) is 13.6. The molecule has 0 aromatic carbocycles. The van der Waals surface area contributed by atoms with Crippen molar-refractivity contribution < 1.29 is 14.3 Å². The molecule has 1 aliphatic carbocycles. The Balaban J connectivity index is 1.51. The fourth-order valence-electron chi connectivity index (χ4n) is 3.38. The molecule has 8 nitrogen and oxygen atoms in total. The van der Waals surface area contributed by atoms with Crippen LogP contribution in [0.1, 0.15) is 30.7 Å². The number of nitrogens with zero attached hydrogens (tertiary/aromatic N) is 4. The average Bonchev–Trinajstić information content (AvgIpc) is 3.24. The van der Waals surface area contributed by atoms with E-state index in [4.69, 9.17) is 4.74 Å². The lowest BCUT2D eigenvalue weighted by molar-refractivity contribution is -0.143. The van der Waals surface area contributed by atoms with Crippen molar-refractivity contribution in [3.63, 3.8) is 0 Å². The van der Waals surface area contributed by atoms with Crippen molar-refractivity contribution in [3.05, 3.63) is 16.8 Å². The van der Waals surface area contributed by atoms with Gasteiger partial charge in [0.05, 0.1) is 17.7 Å². The van der Waals surface area contributed by atoms with Crippen molar-refractivity contribution in [2.24, 2.45) is 5.92 Å². The fraction of sp³-hybridized carbons (Fsp3) is 0.500. The summed E-state index contributed by atoms with van der Waals surface area (Å²) in [6.45, 7) is 4.18. The number of nitrogens with one attached hydrogen (secondary N) is 1. The summed E-state index contributed by atoms with van der Waals surface area (Å²) in [5.74, 6) is 0.133. The molecular formula is C18H21N5O3S2. The third-order valence-electron chi connectivity index (χ3n) is 4.74. The van der Waals surface area contributed by atoms with Gasteiger partial charge in [0.2, 0.25) is 5.91 Å². The number of rotatable bonds is 6. The minimum Gasteiger partial charge on any atom is -0.465 e. The van der Waals surface area contributed by atoms with Gasteiger partial charge in [-0.3, -0.25) is 14.0 Å². The highest BCUT2D eigenvalue weighted by Crippen LogP contribution is 2.38. The topological polar surface area (TPSA) is 98.5 Å². The van der Waals surface area contributed by atoms with Crippen LogP contribution in [0.2, 0.25) is 0 Å². The Morgan fingerprint density at radius 3 is 3.11 bits per heavy atom. The smallest absolute Gasteiger partial charge is 0.325 e. The van der Waals surface area contributed by atoms with E-state index < -0.39 is 5.97 Å². The van der Waals surface area contributed by atoms with Crippen LogP contribution in [0, 0.1) is 5.92 Å². The number of carbonyl (C=O) groups excluding carboxylic acids is 2. The lowest BCUT2D eigenvalue weighted by Gasteiger charge is -2.17. The number of carbonyl (C=O) groups is 2. The Labute approximate surface area is 170 Å². The minimum absolute atomic E-state index is 0.130. The van der Waals surface area contributed by atoms with E-state index in [1.165, 1.54) is 28.6 Å². The number of hydrogen-bond donors (Lipinski definition) is 1. The molecule has 0 aliphatic heterocycles. The van der Waals surface area contributed by atoms with Gasteiger partial charge in [-0.05, 0) is 37.7 Å². The summed E-state index contributed by atoms with van der Waals surface area (Å²) in [6, 6.07) is 0. The highest BCUT2D eigenvalue weighted by Gasteiger charge is 2.24. The molecule has 28 heavy (non-hydrogen) atoms. The van der Waals surface area contributed by atoms with Crippen molar-refractivity contribution in [3.8, 4) is 0 Å². The zero-order valence-electron chi connectivity index (χ0n) is 15.7. The van der Waals surface area contributed by atoms with Gasteiger partial charge in [0.15, 0.2) is 10.8 Å². The molecule has 4 rings (SSSR count). The van der Waals surface area contributed by atoms with Crippen LogP contribution < -0.4 is 5.32 Å². The third kappa shape index (κ3) is 3.70. The highest BCUT2D eigenvalue weighted by molar-refractivity contribution is 7.99. The highest BCUT2D eigenvalue weighted by atomic mass is 32.2. The van der Waals surface area contributed by atoms with Crippen molar-refractivity contribution in [2.75, 3.05) is 18.9 Å². The number of thioether (sulfide) groups is 1. The van der Waals surface area contributed by atoms with Crippen molar-refractivity contribution in [2.45, 2.75) is 38.3 Å². The van der Waals surface area contributed by atoms with Crippen LogP contribution in [-0.4, -0.2) is 50.4 Å². The molecule has 0 spiro atoms. The predicted molar refractivity (Wildman–Crippen MR) is 108 cm³/mol. The van der Waals surface area contributed by atoms with Crippen LogP contribution in [0.15, 0.2) is 11.5 Å². The molecule has 0 unspecified atom stereocenters. The minimum atomic E-state index is -0.447. The standard InChI is InChI=1S/C18H21N5O3S2/c1-3-26-14(25)7-19-13(24)8-27-18-22-21-16-15-11-5-4-10(2)6-12(11)28-17(15)20-9-23(16)18/h9-10H,3-8H2,1-2H3,(H,19,24)/t10-/m0/s1. The number of hydrogen-bond acceptors (Lipinski definition) is 8. The summed E-state index contributed by atoms with van der Waals surface area (Å²) in [6.07, 6.45) is 5.04. The van der Waals surface area contributed by atoms with Crippen molar-refractivity contribution in [1.82, 2.24) is 24.9 Å². The van der Waals surface area contributed by atoms with Gasteiger partial charge < -0.3 is 10.1 Å². The van der Waals surface area contributed by atoms with Gasteiger partial charge in [-0.15, -0.1) is 21.5 Å².